The molecule has 1 aromatic carbocycles. The van der Waals surface area contributed by atoms with Gasteiger partial charge in [-0.05, 0) is 12.1 Å². The molecule has 0 aromatic heterocycles. The topological polar surface area (TPSA) is 29.1 Å². The van der Waals surface area contributed by atoms with E-state index >= 15 is 0 Å². The van der Waals surface area contributed by atoms with Gasteiger partial charge in [-0.2, -0.15) is 13.2 Å². The number of amides is 1. The van der Waals surface area contributed by atoms with E-state index in [1.807, 2.05) is 0 Å². The number of para-hydroxylation sites is 1. The Hall–Kier alpha value is -1.59. The molecule has 0 radical (unpaired) electrons. The number of benzene rings is 1. The summed E-state index contributed by atoms with van der Waals surface area (Å²) < 4.78 is 49.5. The van der Waals surface area contributed by atoms with Crippen molar-refractivity contribution in [3.8, 4) is 0 Å². The highest BCUT2D eigenvalue weighted by Crippen LogP contribution is 2.35. The molecule has 0 fully saturated rings. The summed E-state index contributed by atoms with van der Waals surface area (Å²) in [6.07, 6.45) is -4.69. The van der Waals surface area contributed by atoms with E-state index in [4.69, 9.17) is 0 Å². The molecule has 0 saturated heterocycles. The van der Waals surface area contributed by atoms with Crippen LogP contribution in [0.5, 0.6) is 0 Å². The second-order valence-electron chi connectivity index (χ2n) is 2.42. The van der Waals surface area contributed by atoms with Gasteiger partial charge in [0.05, 0.1) is 11.3 Å². The van der Waals surface area contributed by atoms with Gasteiger partial charge in [0.1, 0.15) is 5.82 Å². The highest BCUT2D eigenvalue weighted by atomic mass is 19.4. The van der Waals surface area contributed by atoms with Crippen LogP contribution in [-0.2, 0) is 11.0 Å². The van der Waals surface area contributed by atoms with E-state index in [1.165, 1.54) is 0 Å². The summed E-state index contributed by atoms with van der Waals surface area (Å²) in [4.78, 5) is 9.96. The average Bonchev–Trinajstić information content (AvgIpc) is 2.07. The highest BCUT2D eigenvalue weighted by Gasteiger charge is 2.34. The Kier molecular flexibility index (Phi) is 2.73. The first-order chi connectivity index (χ1) is 6.46. The third-order valence-electron chi connectivity index (χ3n) is 1.52. The van der Waals surface area contributed by atoms with Crippen molar-refractivity contribution in [2.24, 2.45) is 0 Å². The monoisotopic (exact) mass is 207 g/mol. The molecule has 1 aromatic rings. The van der Waals surface area contributed by atoms with Crippen LogP contribution in [-0.4, -0.2) is 6.41 Å². The van der Waals surface area contributed by atoms with E-state index in [1.54, 1.807) is 5.32 Å². The highest BCUT2D eigenvalue weighted by molar-refractivity contribution is 5.74. The standard InChI is InChI=1S/C8H5F4NO/c9-6-3-1-2-5(8(10,11)12)7(6)13-4-14/h1-4H,(H,13,14). The molecule has 76 valence electrons. The first-order valence-electron chi connectivity index (χ1n) is 3.52. The zero-order valence-electron chi connectivity index (χ0n) is 6.73. The summed E-state index contributed by atoms with van der Waals surface area (Å²) >= 11 is 0. The summed E-state index contributed by atoms with van der Waals surface area (Å²) in [5.41, 5.74) is -2.06. The summed E-state index contributed by atoms with van der Waals surface area (Å²) in [5, 5.41) is 1.68. The zero-order chi connectivity index (χ0) is 10.8. The average molecular weight is 207 g/mol. The van der Waals surface area contributed by atoms with Crippen LogP contribution < -0.4 is 5.32 Å². The van der Waals surface area contributed by atoms with E-state index in [0.717, 1.165) is 12.1 Å². The van der Waals surface area contributed by atoms with Crippen molar-refractivity contribution in [3.05, 3.63) is 29.6 Å². The van der Waals surface area contributed by atoms with Crippen LogP contribution >= 0.6 is 0 Å². The normalized spacial score (nSPS) is 11.1. The minimum atomic E-state index is -4.69. The zero-order valence-corrected chi connectivity index (χ0v) is 6.73. The number of halogens is 4. The fourth-order valence-electron chi connectivity index (χ4n) is 0.966. The molecule has 1 N–H and O–H groups in total. The minimum absolute atomic E-state index is 0.00630. The maximum Gasteiger partial charge on any atom is 0.418 e. The molecule has 2 nitrogen and oxygen atoms in total. The van der Waals surface area contributed by atoms with Crippen LogP contribution in [0.15, 0.2) is 18.2 Å². The van der Waals surface area contributed by atoms with Gasteiger partial charge in [0.25, 0.3) is 0 Å². The Labute approximate surface area is 76.5 Å². The van der Waals surface area contributed by atoms with Gasteiger partial charge in [-0.25, -0.2) is 4.39 Å². The van der Waals surface area contributed by atoms with Gasteiger partial charge in [-0.15, -0.1) is 0 Å². The molecule has 0 saturated carbocycles. The molecule has 6 heteroatoms. The number of hydrogen-bond donors (Lipinski definition) is 1. The van der Waals surface area contributed by atoms with Crippen LogP contribution in [0, 0.1) is 5.82 Å². The molecule has 0 heterocycles. The van der Waals surface area contributed by atoms with Gasteiger partial charge in [-0.3, -0.25) is 4.79 Å². The van der Waals surface area contributed by atoms with E-state index in [2.05, 4.69) is 0 Å². The lowest BCUT2D eigenvalue weighted by molar-refractivity contribution is -0.137. The quantitative estimate of drug-likeness (QED) is 0.585. The Balaban J connectivity index is 3.28. The van der Waals surface area contributed by atoms with E-state index < -0.39 is 23.2 Å². The lowest BCUT2D eigenvalue weighted by atomic mass is 10.1. The number of rotatable bonds is 2. The molecule has 0 bridgehead atoms. The van der Waals surface area contributed by atoms with E-state index in [9.17, 15) is 22.4 Å². The Morgan fingerprint density at radius 2 is 1.93 bits per heavy atom. The number of carbonyl (C=O) groups excluding carboxylic acids is 1. The van der Waals surface area contributed by atoms with Crippen LogP contribution in [0.2, 0.25) is 0 Å². The molecule has 0 unspecified atom stereocenters. The maximum atomic E-state index is 12.8. The molecule has 0 aliphatic carbocycles. The second kappa shape index (κ2) is 3.65. The number of nitrogens with one attached hydrogen (secondary N) is 1. The Morgan fingerprint density at radius 3 is 2.43 bits per heavy atom. The fraction of sp³-hybridized carbons (Fsp3) is 0.125. The molecule has 14 heavy (non-hydrogen) atoms. The smallest absolute Gasteiger partial charge is 0.326 e. The van der Waals surface area contributed by atoms with Gasteiger partial charge in [0.2, 0.25) is 6.41 Å². The van der Waals surface area contributed by atoms with Gasteiger partial charge in [0, 0.05) is 0 Å². The van der Waals surface area contributed by atoms with Crippen LogP contribution in [0.4, 0.5) is 23.2 Å². The largest absolute Gasteiger partial charge is 0.418 e. The molecular formula is C8H5F4NO. The number of alkyl halides is 3. The van der Waals surface area contributed by atoms with Crippen molar-refractivity contribution in [2.45, 2.75) is 6.18 Å². The third kappa shape index (κ3) is 2.01. The summed E-state index contributed by atoms with van der Waals surface area (Å²) in [6.45, 7) is 0. The molecule has 1 rings (SSSR count). The second-order valence-corrected chi connectivity index (χ2v) is 2.42. The van der Waals surface area contributed by atoms with Crippen LogP contribution in [0.3, 0.4) is 0 Å². The van der Waals surface area contributed by atoms with E-state index in [0.29, 0.717) is 6.07 Å². The predicted molar refractivity (Wildman–Crippen MR) is 41.1 cm³/mol. The first-order valence-corrected chi connectivity index (χ1v) is 3.52. The van der Waals surface area contributed by atoms with Crippen molar-refractivity contribution >= 4 is 12.1 Å². The molecular weight excluding hydrogens is 202 g/mol. The number of hydrogen-bond acceptors (Lipinski definition) is 1. The van der Waals surface area contributed by atoms with Crippen molar-refractivity contribution in [3.63, 3.8) is 0 Å². The van der Waals surface area contributed by atoms with Crippen LogP contribution in [0.25, 0.3) is 0 Å². The van der Waals surface area contributed by atoms with Gasteiger partial charge < -0.3 is 5.32 Å². The lowest BCUT2D eigenvalue weighted by Gasteiger charge is -2.11. The van der Waals surface area contributed by atoms with E-state index in [-0.39, 0.29) is 6.41 Å². The van der Waals surface area contributed by atoms with Gasteiger partial charge >= 0.3 is 6.18 Å². The van der Waals surface area contributed by atoms with Crippen molar-refractivity contribution < 1.29 is 22.4 Å². The van der Waals surface area contributed by atoms with Gasteiger partial charge in [-0.1, -0.05) is 6.07 Å². The predicted octanol–water partition coefficient (Wildman–Crippen LogP) is 2.41. The Bertz CT molecular complexity index is 348. The molecule has 0 aliphatic heterocycles. The molecule has 0 spiro atoms. The summed E-state index contributed by atoms with van der Waals surface area (Å²) in [6, 6.07) is 2.45. The molecule has 0 atom stereocenters. The maximum absolute atomic E-state index is 12.8. The SMILES string of the molecule is O=CNc1c(F)cccc1C(F)(F)F. The molecule has 0 aliphatic rings. The van der Waals surface area contributed by atoms with Crippen molar-refractivity contribution in [2.75, 3.05) is 5.32 Å². The lowest BCUT2D eigenvalue weighted by Crippen LogP contribution is -2.11. The van der Waals surface area contributed by atoms with Crippen LogP contribution in [0.1, 0.15) is 5.56 Å². The molecule has 1 amide bonds. The minimum Gasteiger partial charge on any atom is -0.326 e. The number of carbonyl (C=O) groups is 1. The number of anilines is 1. The van der Waals surface area contributed by atoms with Crippen molar-refractivity contribution in [1.29, 1.82) is 0 Å². The fourth-order valence-corrected chi connectivity index (χ4v) is 0.966. The first kappa shape index (κ1) is 10.5. The van der Waals surface area contributed by atoms with Gasteiger partial charge in [0.15, 0.2) is 0 Å². The van der Waals surface area contributed by atoms with Crippen molar-refractivity contribution in [1.82, 2.24) is 0 Å². The summed E-state index contributed by atoms with van der Waals surface area (Å²) in [5.74, 6) is -1.12. The third-order valence-corrected chi connectivity index (χ3v) is 1.52. The Morgan fingerprint density at radius 1 is 1.29 bits per heavy atom. The summed E-state index contributed by atoms with van der Waals surface area (Å²) in [7, 11) is 0.